The smallest absolute Gasteiger partial charge is 0.322 e. The first kappa shape index (κ1) is 13.2. The molecule has 6 heteroatoms. The van der Waals surface area contributed by atoms with Gasteiger partial charge in [0, 0.05) is 5.69 Å². The molecule has 1 rings (SSSR count). The minimum absolute atomic E-state index is 0. The zero-order valence-electron chi connectivity index (χ0n) is 7.77. The Morgan fingerprint density at radius 3 is 2.47 bits per heavy atom. The second-order valence-electron chi connectivity index (χ2n) is 2.66. The van der Waals surface area contributed by atoms with Gasteiger partial charge in [0.1, 0.15) is 6.54 Å². The van der Waals surface area contributed by atoms with E-state index < -0.39 is 18.4 Å². The summed E-state index contributed by atoms with van der Waals surface area (Å²) in [7, 11) is 0. The third-order valence-electron chi connectivity index (χ3n) is 1.61. The number of halogens is 1. The quantitative estimate of drug-likeness (QED) is 0.660. The Labute approximate surface area is 92.7 Å². The SMILES string of the molecule is Cl.Nc1ccccc1C(=O)NCC(=O)O. The lowest BCUT2D eigenvalue weighted by Crippen LogP contribution is -2.29. The maximum atomic E-state index is 11.3. The van der Waals surface area contributed by atoms with Crippen molar-refractivity contribution in [2.75, 3.05) is 12.3 Å². The van der Waals surface area contributed by atoms with Gasteiger partial charge in [-0.2, -0.15) is 0 Å². The molecule has 0 atom stereocenters. The lowest BCUT2D eigenvalue weighted by Gasteiger charge is -2.04. The number of para-hydroxylation sites is 1. The van der Waals surface area contributed by atoms with Crippen LogP contribution in [-0.4, -0.2) is 23.5 Å². The fourth-order valence-electron chi connectivity index (χ4n) is 0.955. The molecule has 0 saturated heterocycles. The molecule has 0 spiro atoms. The highest BCUT2D eigenvalue weighted by Gasteiger charge is 2.08. The Kier molecular flexibility index (Phi) is 5.19. The predicted octanol–water partition coefficient (Wildman–Crippen LogP) is 0.505. The van der Waals surface area contributed by atoms with E-state index in [-0.39, 0.29) is 18.0 Å². The second kappa shape index (κ2) is 5.87. The van der Waals surface area contributed by atoms with Crippen molar-refractivity contribution >= 4 is 30.0 Å². The van der Waals surface area contributed by atoms with Crippen LogP contribution in [0.4, 0.5) is 5.69 Å². The molecule has 4 N–H and O–H groups in total. The number of nitrogens with one attached hydrogen (secondary N) is 1. The van der Waals surface area contributed by atoms with Crippen LogP contribution in [0.15, 0.2) is 24.3 Å². The molecule has 0 aromatic heterocycles. The average Bonchev–Trinajstić information content (AvgIpc) is 2.15. The summed E-state index contributed by atoms with van der Waals surface area (Å²) in [6.07, 6.45) is 0. The number of carbonyl (C=O) groups is 2. The summed E-state index contributed by atoms with van der Waals surface area (Å²) in [5.41, 5.74) is 6.13. The van der Waals surface area contributed by atoms with Gasteiger partial charge in [-0.3, -0.25) is 9.59 Å². The van der Waals surface area contributed by atoms with Crippen molar-refractivity contribution in [3.63, 3.8) is 0 Å². The van der Waals surface area contributed by atoms with Gasteiger partial charge in [-0.1, -0.05) is 12.1 Å². The molecule has 0 bridgehead atoms. The van der Waals surface area contributed by atoms with Crippen LogP contribution in [-0.2, 0) is 4.79 Å². The summed E-state index contributed by atoms with van der Waals surface area (Å²) >= 11 is 0. The van der Waals surface area contributed by atoms with E-state index in [0.29, 0.717) is 5.69 Å². The normalized spacial score (nSPS) is 8.80. The largest absolute Gasteiger partial charge is 0.480 e. The summed E-state index contributed by atoms with van der Waals surface area (Å²) in [5, 5.41) is 10.6. The van der Waals surface area contributed by atoms with Gasteiger partial charge in [-0.15, -0.1) is 12.4 Å². The molecule has 0 saturated carbocycles. The molecule has 0 fully saturated rings. The molecule has 0 heterocycles. The van der Waals surface area contributed by atoms with E-state index in [1.165, 1.54) is 6.07 Å². The molecule has 1 aromatic carbocycles. The third-order valence-corrected chi connectivity index (χ3v) is 1.61. The van der Waals surface area contributed by atoms with Gasteiger partial charge >= 0.3 is 5.97 Å². The van der Waals surface area contributed by atoms with Crippen molar-refractivity contribution in [1.82, 2.24) is 5.32 Å². The Bertz CT molecular complexity index is 368. The third kappa shape index (κ3) is 3.86. The monoisotopic (exact) mass is 230 g/mol. The van der Waals surface area contributed by atoms with Gasteiger partial charge in [0.25, 0.3) is 5.91 Å². The van der Waals surface area contributed by atoms with Crippen LogP contribution in [0, 0.1) is 0 Å². The summed E-state index contributed by atoms with van der Waals surface area (Å²) in [6, 6.07) is 6.47. The Morgan fingerprint density at radius 1 is 1.33 bits per heavy atom. The summed E-state index contributed by atoms with van der Waals surface area (Å²) in [6.45, 7) is -0.410. The topological polar surface area (TPSA) is 92.4 Å². The van der Waals surface area contributed by atoms with Crippen LogP contribution in [0.25, 0.3) is 0 Å². The minimum atomic E-state index is -1.09. The highest BCUT2D eigenvalue weighted by Crippen LogP contribution is 2.09. The fourth-order valence-corrected chi connectivity index (χ4v) is 0.955. The Balaban J connectivity index is 0.00000196. The van der Waals surface area contributed by atoms with Crippen LogP contribution >= 0.6 is 12.4 Å². The lowest BCUT2D eigenvalue weighted by molar-refractivity contribution is -0.135. The first-order chi connectivity index (χ1) is 6.61. The van der Waals surface area contributed by atoms with Crippen molar-refractivity contribution < 1.29 is 14.7 Å². The number of nitrogens with two attached hydrogens (primary N) is 1. The number of rotatable bonds is 3. The molecule has 5 nitrogen and oxygen atoms in total. The van der Waals surface area contributed by atoms with E-state index in [1.807, 2.05) is 0 Å². The highest BCUT2D eigenvalue weighted by molar-refractivity contribution is 6.00. The first-order valence-electron chi connectivity index (χ1n) is 3.95. The number of carboxylic acids is 1. The molecule has 0 unspecified atom stereocenters. The van der Waals surface area contributed by atoms with Crippen LogP contribution in [0.2, 0.25) is 0 Å². The molecule has 0 aliphatic heterocycles. The first-order valence-corrected chi connectivity index (χ1v) is 3.95. The molecule has 82 valence electrons. The number of hydrogen-bond acceptors (Lipinski definition) is 3. The van der Waals surface area contributed by atoms with Crippen LogP contribution in [0.5, 0.6) is 0 Å². The molecule has 1 amide bonds. The van der Waals surface area contributed by atoms with Crippen molar-refractivity contribution in [3.05, 3.63) is 29.8 Å². The molecular formula is C9H11ClN2O3. The van der Waals surface area contributed by atoms with Gasteiger partial charge in [0.15, 0.2) is 0 Å². The van der Waals surface area contributed by atoms with Gasteiger partial charge in [0.05, 0.1) is 5.56 Å². The van der Waals surface area contributed by atoms with Crippen molar-refractivity contribution in [1.29, 1.82) is 0 Å². The number of anilines is 1. The van der Waals surface area contributed by atoms with Crippen molar-refractivity contribution in [2.45, 2.75) is 0 Å². The number of hydrogen-bond donors (Lipinski definition) is 3. The number of benzene rings is 1. The van der Waals surface area contributed by atoms with Crippen LogP contribution in [0.1, 0.15) is 10.4 Å². The fraction of sp³-hybridized carbons (Fsp3) is 0.111. The molecule has 0 aliphatic rings. The molecule has 1 aromatic rings. The summed E-state index contributed by atoms with van der Waals surface area (Å²) < 4.78 is 0. The minimum Gasteiger partial charge on any atom is -0.480 e. The number of amides is 1. The summed E-state index contributed by atoms with van der Waals surface area (Å²) in [4.78, 5) is 21.5. The standard InChI is InChI=1S/C9H10N2O3.ClH/c10-7-4-2-1-3-6(7)9(14)11-5-8(12)13;/h1-4H,5,10H2,(H,11,14)(H,12,13);1H. The van der Waals surface area contributed by atoms with E-state index in [4.69, 9.17) is 10.8 Å². The zero-order chi connectivity index (χ0) is 10.6. The molecule has 0 aliphatic carbocycles. The van der Waals surface area contributed by atoms with E-state index in [0.717, 1.165) is 0 Å². The predicted molar refractivity (Wildman–Crippen MR) is 58.1 cm³/mol. The highest BCUT2D eigenvalue weighted by atomic mass is 35.5. The Hall–Kier alpha value is -1.75. The molecular weight excluding hydrogens is 220 g/mol. The summed E-state index contributed by atoms with van der Waals surface area (Å²) in [5.74, 6) is -1.57. The average molecular weight is 231 g/mol. The van der Waals surface area contributed by atoms with Crippen molar-refractivity contribution in [3.8, 4) is 0 Å². The number of aliphatic carboxylic acids is 1. The van der Waals surface area contributed by atoms with Gasteiger partial charge in [-0.25, -0.2) is 0 Å². The number of carbonyl (C=O) groups excluding carboxylic acids is 1. The van der Waals surface area contributed by atoms with Gasteiger partial charge < -0.3 is 16.2 Å². The van der Waals surface area contributed by atoms with Crippen LogP contribution < -0.4 is 11.1 Å². The molecule has 15 heavy (non-hydrogen) atoms. The van der Waals surface area contributed by atoms with Gasteiger partial charge in [0.2, 0.25) is 0 Å². The maximum absolute atomic E-state index is 11.3. The number of carboxylic acid groups (broad SMARTS) is 1. The lowest BCUT2D eigenvalue weighted by atomic mass is 10.2. The van der Waals surface area contributed by atoms with E-state index in [2.05, 4.69) is 5.32 Å². The number of nitrogen functional groups attached to an aromatic ring is 1. The van der Waals surface area contributed by atoms with E-state index in [9.17, 15) is 9.59 Å². The van der Waals surface area contributed by atoms with E-state index >= 15 is 0 Å². The van der Waals surface area contributed by atoms with Crippen molar-refractivity contribution in [2.24, 2.45) is 0 Å². The zero-order valence-corrected chi connectivity index (χ0v) is 8.58. The second-order valence-corrected chi connectivity index (χ2v) is 2.66. The Morgan fingerprint density at radius 2 is 1.93 bits per heavy atom. The van der Waals surface area contributed by atoms with Crippen LogP contribution in [0.3, 0.4) is 0 Å². The molecule has 0 radical (unpaired) electrons. The van der Waals surface area contributed by atoms with E-state index in [1.54, 1.807) is 18.2 Å². The maximum Gasteiger partial charge on any atom is 0.322 e. The van der Waals surface area contributed by atoms with Gasteiger partial charge in [-0.05, 0) is 12.1 Å².